The molecule has 46 valence electrons. The standard InChI is InChI=1S/C6H8Cl2/c1-6(8)4-2-3-5-7/h2-4H,5H2,1H3/b3-2-,6-4+. The highest BCUT2D eigenvalue weighted by Gasteiger charge is 1.71. The van der Waals surface area contributed by atoms with Gasteiger partial charge in [-0.2, -0.15) is 0 Å². The van der Waals surface area contributed by atoms with E-state index in [0.717, 1.165) is 5.03 Å². The lowest BCUT2D eigenvalue weighted by Crippen LogP contribution is -1.58. The predicted molar refractivity (Wildman–Crippen MR) is 39.5 cm³/mol. The summed E-state index contributed by atoms with van der Waals surface area (Å²) in [6.07, 6.45) is 5.45. The van der Waals surface area contributed by atoms with Crippen LogP contribution in [-0.2, 0) is 0 Å². The zero-order chi connectivity index (χ0) is 6.41. The predicted octanol–water partition coefficient (Wildman–Crippen LogP) is 2.92. The third-order valence-electron chi connectivity index (χ3n) is 0.551. The van der Waals surface area contributed by atoms with Crippen molar-refractivity contribution in [2.45, 2.75) is 6.92 Å². The summed E-state index contributed by atoms with van der Waals surface area (Å²) in [6.45, 7) is 1.82. The molecule has 0 atom stereocenters. The average molecular weight is 151 g/mol. The van der Waals surface area contributed by atoms with Crippen LogP contribution >= 0.6 is 23.2 Å². The normalized spacial score (nSPS) is 13.1. The Balaban J connectivity index is 3.42. The fourth-order valence-electron chi connectivity index (χ4n) is 0.252. The van der Waals surface area contributed by atoms with E-state index in [4.69, 9.17) is 23.2 Å². The minimum Gasteiger partial charge on any atom is -0.122 e. The summed E-state index contributed by atoms with van der Waals surface area (Å²) in [5, 5.41) is 0.770. The smallest absolute Gasteiger partial charge is 0.0407 e. The Kier molecular flexibility index (Phi) is 5.24. The van der Waals surface area contributed by atoms with Crippen molar-refractivity contribution in [2.24, 2.45) is 0 Å². The molecule has 0 aliphatic heterocycles. The molecule has 8 heavy (non-hydrogen) atoms. The topological polar surface area (TPSA) is 0 Å². The SMILES string of the molecule is C/C(Cl)=C\C=C/CCl. The number of hydrogen-bond donors (Lipinski definition) is 0. The average Bonchev–Trinajstić information content (AvgIpc) is 1.66. The molecule has 0 aromatic rings. The van der Waals surface area contributed by atoms with Gasteiger partial charge >= 0.3 is 0 Å². The van der Waals surface area contributed by atoms with Crippen LogP contribution in [0.2, 0.25) is 0 Å². The first-order valence-corrected chi connectivity index (χ1v) is 3.23. The molecule has 2 heteroatoms. The first kappa shape index (κ1) is 8.06. The summed E-state index contributed by atoms with van der Waals surface area (Å²) in [5.41, 5.74) is 0. The van der Waals surface area contributed by atoms with E-state index in [9.17, 15) is 0 Å². The van der Waals surface area contributed by atoms with Gasteiger partial charge in [0.15, 0.2) is 0 Å². The van der Waals surface area contributed by atoms with Gasteiger partial charge in [-0.25, -0.2) is 0 Å². The van der Waals surface area contributed by atoms with E-state index < -0.39 is 0 Å². The Morgan fingerprint density at radius 3 is 2.62 bits per heavy atom. The fraction of sp³-hybridized carbons (Fsp3) is 0.333. The summed E-state index contributed by atoms with van der Waals surface area (Å²) in [7, 11) is 0. The van der Waals surface area contributed by atoms with Crippen molar-refractivity contribution in [3.63, 3.8) is 0 Å². The maximum Gasteiger partial charge on any atom is 0.0407 e. The van der Waals surface area contributed by atoms with Crippen molar-refractivity contribution in [2.75, 3.05) is 5.88 Å². The van der Waals surface area contributed by atoms with Crippen molar-refractivity contribution in [3.05, 3.63) is 23.3 Å². The quantitative estimate of drug-likeness (QED) is 0.420. The highest BCUT2D eigenvalue weighted by atomic mass is 35.5. The molecule has 0 aromatic carbocycles. The van der Waals surface area contributed by atoms with Crippen LogP contribution < -0.4 is 0 Å². The minimum atomic E-state index is 0.542. The lowest BCUT2D eigenvalue weighted by atomic mass is 10.5. The summed E-state index contributed by atoms with van der Waals surface area (Å²) < 4.78 is 0. The molecule has 0 amide bonds. The largest absolute Gasteiger partial charge is 0.122 e. The number of hydrogen-bond acceptors (Lipinski definition) is 0. The highest BCUT2D eigenvalue weighted by Crippen LogP contribution is 1.97. The van der Waals surface area contributed by atoms with Crippen molar-refractivity contribution in [1.82, 2.24) is 0 Å². The molecule has 0 nitrogen and oxygen atoms in total. The van der Waals surface area contributed by atoms with E-state index in [1.165, 1.54) is 0 Å². The van der Waals surface area contributed by atoms with Crippen LogP contribution in [0, 0.1) is 0 Å². The Morgan fingerprint density at radius 1 is 1.62 bits per heavy atom. The molecule has 0 spiro atoms. The van der Waals surface area contributed by atoms with Crippen LogP contribution in [0.3, 0.4) is 0 Å². The van der Waals surface area contributed by atoms with Crippen LogP contribution in [0.5, 0.6) is 0 Å². The summed E-state index contributed by atoms with van der Waals surface area (Å²) >= 11 is 10.8. The molecule has 0 aliphatic carbocycles. The molecule has 0 saturated carbocycles. The molecule has 0 bridgehead atoms. The molecule has 0 heterocycles. The van der Waals surface area contributed by atoms with E-state index in [1.807, 2.05) is 19.1 Å². The molecule has 0 N–H and O–H groups in total. The summed E-state index contributed by atoms with van der Waals surface area (Å²) in [5.74, 6) is 0.542. The number of rotatable bonds is 2. The van der Waals surface area contributed by atoms with Crippen LogP contribution in [0.4, 0.5) is 0 Å². The molecule has 0 unspecified atom stereocenters. The van der Waals surface area contributed by atoms with Gasteiger partial charge in [-0.15, -0.1) is 11.6 Å². The molecule has 0 rings (SSSR count). The van der Waals surface area contributed by atoms with Gasteiger partial charge in [0.2, 0.25) is 0 Å². The van der Waals surface area contributed by atoms with Crippen LogP contribution in [0.25, 0.3) is 0 Å². The zero-order valence-electron chi connectivity index (χ0n) is 4.70. The Morgan fingerprint density at radius 2 is 2.25 bits per heavy atom. The molecular formula is C6H8Cl2. The van der Waals surface area contributed by atoms with Crippen LogP contribution in [0.1, 0.15) is 6.92 Å². The molecule has 0 radical (unpaired) electrons. The van der Waals surface area contributed by atoms with Crippen molar-refractivity contribution >= 4 is 23.2 Å². The Labute approximate surface area is 59.8 Å². The van der Waals surface area contributed by atoms with Crippen molar-refractivity contribution in [1.29, 1.82) is 0 Å². The van der Waals surface area contributed by atoms with Gasteiger partial charge in [0.1, 0.15) is 0 Å². The molecule has 0 fully saturated rings. The lowest BCUT2D eigenvalue weighted by molar-refractivity contribution is 1.64. The second-order valence-corrected chi connectivity index (χ2v) is 2.24. The maximum absolute atomic E-state index is 5.48. The zero-order valence-corrected chi connectivity index (χ0v) is 6.21. The first-order valence-electron chi connectivity index (χ1n) is 2.32. The molecule has 0 aliphatic rings. The van der Waals surface area contributed by atoms with Gasteiger partial charge in [-0.3, -0.25) is 0 Å². The van der Waals surface area contributed by atoms with E-state index in [2.05, 4.69) is 0 Å². The maximum atomic E-state index is 5.48. The Hall–Kier alpha value is 0.0600. The second-order valence-electron chi connectivity index (χ2n) is 1.34. The molecular weight excluding hydrogens is 143 g/mol. The van der Waals surface area contributed by atoms with Gasteiger partial charge in [-0.1, -0.05) is 23.8 Å². The summed E-state index contributed by atoms with van der Waals surface area (Å²) in [4.78, 5) is 0. The molecule has 0 saturated heterocycles. The second kappa shape index (κ2) is 5.20. The van der Waals surface area contributed by atoms with E-state index >= 15 is 0 Å². The third kappa shape index (κ3) is 6.06. The van der Waals surface area contributed by atoms with E-state index in [-0.39, 0.29) is 0 Å². The first-order chi connectivity index (χ1) is 3.77. The van der Waals surface area contributed by atoms with Gasteiger partial charge in [0.05, 0.1) is 0 Å². The highest BCUT2D eigenvalue weighted by molar-refractivity contribution is 6.29. The monoisotopic (exact) mass is 150 g/mol. The summed E-state index contributed by atoms with van der Waals surface area (Å²) in [6, 6.07) is 0. The Bertz CT molecular complexity index is 99.1. The third-order valence-corrected chi connectivity index (χ3v) is 0.855. The van der Waals surface area contributed by atoms with E-state index in [0.29, 0.717) is 5.88 Å². The van der Waals surface area contributed by atoms with Gasteiger partial charge in [0, 0.05) is 10.9 Å². The van der Waals surface area contributed by atoms with E-state index in [1.54, 1.807) is 6.08 Å². The van der Waals surface area contributed by atoms with Crippen LogP contribution in [-0.4, -0.2) is 5.88 Å². The number of allylic oxidation sites excluding steroid dienone is 4. The van der Waals surface area contributed by atoms with Gasteiger partial charge < -0.3 is 0 Å². The van der Waals surface area contributed by atoms with Crippen molar-refractivity contribution in [3.8, 4) is 0 Å². The van der Waals surface area contributed by atoms with Crippen molar-refractivity contribution < 1.29 is 0 Å². The fourth-order valence-corrected chi connectivity index (χ4v) is 0.428. The van der Waals surface area contributed by atoms with Gasteiger partial charge in [-0.05, 0) is 13.0 Å². The lowest BCUT2D eigenvalue weighted by Gasteiger charge is -1.76. The molecule has 0 aromatic heterocycles. The number of halogens is 2. The number of alkyl halides is 1. The minimum absolute atomic E-state index is 0.542. The van der Waals surface area contributed by atoms with Crippen LogP contribution in [0.15, 0.2) is 23.3 Å². The van der Waals surface area contributed by atoms with Gasteiger partial charge in [0.25, 0.3) is 0 Å².